The summed E-state index contributed by atoms with van der Waals surface area (Å²) >= 11 is 0. The van der Waals surface area contributed by atoms with Crippen molar-refractivity contribution in [1.29, 1.82) is 0 Å². The van der Waals surface area contributed by atoms with E-state index >= 15 is 0 Å². The minimum Gasteiger partial charge on any atom is -0.369 e. The summed E-state index contributed by atoms with van der Waals surface area (Å²) in [7, 11) is 0. The molecule has 1 N–H and O–H groups in total. The molecule has 0 saturated heterocycles. The zero-order chi connectivity index (χ0) is 15.1. The molecule has 107 valence electrons. The quantitative estimate of drug-likeness (QED) is 0.578. The van der Waals surface area contributed by atoms with Crippen molar-refractivity contribution in [3.05, 3.63) is 38.4 Å². The largest absolute Gasteiger partial charge is 0.369 e. The third-order valence-electron chi connectivity index (χ3n) is 2.71. The van der Waals surface area contributed by atoms with Gasteiger partial charge < -0.3 is 5.32 Å². The Labute approximate surface area is 115 Å². The minimum absolute atomic E-state index is 0.0475. The Morgan fingerprint density at radius 3 is 2.50 bits per heavy atom. The van der Waals surface area contributed by atoms with Gasteiger partial charge in [-0.05, 0) is 12.5 Å². The number of para-hydroxylation sites is 1. The van der Waals surface area contributed by atoms with E-state index in [0.717, 1.165) is 18.9 Å². The van der Waals surface area contributed by atoms with Gasteiger partial charge in [0.15, 0.2) is 0 Å². The lowest BCUT2D eigenvalue weighted by Gasteiger charge is -2.12. The first-order valence-corrected chi connectivity index (χ1v) is 6.07. The van der Waals surface area contributed by atoms with Crippen LogP contribution < -0.4 is 5.32 Å². The van der Waals surface area contributed by atoms with Crippen molar-refractivity contribution in [3.63, 3.8) is 0 Å². The van der Waals surface area contributed by atoms with Gasteiger partial charge in [-0.3, -0.25) is 25.0 Å². The van der Waals surface area contributed by atoms with Gasteiger partial charge in [0.2, 0.25) is 6.29 Å². The highest BCUT2D eigenvalue weighted by Crippen LogP contribution is 2.34. The third-order valence-corrected chi connectivity index (χ3v) is 2.71. The fourth-order valence-corrected chi connectivity index (χ4v) is 1.74. The van der Waals surface area contributed by atoms with E-state index in [4.69, 9.17) is 0 Å². The van der Waals surface area contributed by atoms with Crippen LogP contribution in [0, 0.1) is 20.2 Å². The first-order chi connectivity index (χ1) is 9.51. The zero-order valence-corrected chi connectivity index (χ0v) is 10.9. The molecule has 0 aromatic heterocycles. The SMILES string of the molecule is CCCCC([C]=O)Nc1cccc([N+](=O)[O-])c1[N+](=O)[O-]. The minimum atomic E-state index is -0.831. The number of nitrogens with one attached hydrogen (secondary N) is 1. The number of nitrogens with zero attached hydrogens (tertiary/aromatic N) is 2. The number of nitro benzene ring substituents is 2. The maximum absolute atomic E-state index is 11.0. The van der Waals surface area contributed by atoms with Crippen molar-refractivity contribution >= 4 is 23.3 Å². The normalized spacial score (nSPS) is 11.7. The number of anilines is 1. The second kappa shape index (κ2) is 7.17. The second-order valence-corrected chi connectivity index (χ2v) is 4.14. The molecular weight excluding hydrogens is 266 g/mol. The lowest BCUT2D eigenvalue weighted by molar-refractivity contribution is -0.421. The van der Waals surface area contributed by atoms with Crippen molar-refractivity contribution in [2.24, 2.45) is 0 Å². The predicted octanol–water partition coefficient (Wildman–Crippen LogP) is 2.58. The summed E-state index contributed by atoms with van der Waals surface area (Å²) in [6, 6.07) is 2.99. The van der Waals surface area contributed by atoms with Crippen molar-refractivity contribution in [3.8, 4) is 0 Å². The summed E-state index contributed by atoms with van der Waals surface area (Å²) < 4.78 is 0. The molecular formula is C12H14N3O5. The summed E-state index contributed by atoms with van der Waals surface area (Å²) in [6.07, 6.45) is 3.81. The summed E-state index contributed by atoms with van der Waals surface area (Å²) in [4.78, 5) is 31.0. The van der Waals surface area contributed by atoms with Gasteiger partial charge in [0.25, 0.3) is 0 Å². The van der Waals surface area contributed by atoms with Crippen LogP contribution in [-0.4, -0.2) is 22.2 Å². The number of unbranched alkanes of at least 4 members (excludes halogenated alkanes) is 1. The topological polar surface area (TPSA) is 115 Å². The van der Waals surface area contributed by atoms with Crippen LogP contribution in [0.4, 0.5) is 17.1 Å². The van der Waals surface area contributed by atoms with Crippen molar-refractivity contribution in [2.45, 2.75) is 32.2 Å². The fourth-order valence-electron chi connectivity index (χ4n) is 1.74. The summed E-state index contributed by atoms with van der Waals surface area (Å²) in [5.74, 6) is 0. The predicted molar refractivity (Wildman–Crippen MR) is 72.4 cm³/mol. The molecule has 0 aliphatic carbocycles. The van der Waals surface area contributed by atoms with Crippen LogP contribution in [0.5, 0.6) is 0 Å². The fraction of sp³-hybridized carbons (Fsp3) is 0.417. The zero-order valence-electron chi connectivity index (χ0n) is 10.9. The van der Waals surface area contributed by atoms with Gasteiger partial charge in [0.1, 0.15) is 5.69 Å². The molecule has 8 nitrogen and oxygen atoms in total. The number of rotatable bonds is 8. The summed E-state index contributed by atoms with van der Waals surface area (Å²) in [5.41, 5.74) is -1.30. The molecule has 1 atom stereocenters. The van der Waals surface area contributed by atoms with Gasteiger partial charge in [-0.2, -0.15) is 0 Å². The first-order valence-electron chi connectivity index (χ1n) is 6.07. The highest BCUT2D eigenvalue weighted by Gasteiger charge is 2.29. The van der Waals surface area contributed by atoms with E-state index in [9.17, 15) is 25.0 Å². The molecule has 0 bridgehead atoms. The molecule has 20 heavy (non-hydrogen) atoms. The van der Waals surface area contributed by atoms with Gasteiger partial charge in [-0.1, -0.05) is 25.8 Å². The molecule has 1 radical (unpaired) electrons. The van der Waals surface area contributed by atoms with Gasteiger partial charge in [-0.15, -0.1) is 0 Å². The van der Waals surface area contributed by atoms with Gasteiger partial charge in [0, 0.05) is 6.07 Å². The molecule has 0 amide bonds. The van der Waals surface area contributed by atoms with Crippen molar-refractivity contribution in [1.82, 2.24) is 0 Å². The van der Waals surface area contributed by atoms with Gasteiger partial charge >= 0.3 is 11.4 Å². The second-order valence-electron chi connectivity index (χ2n) is 4.14. The molecule has 0 saturated carbocycles. The van der Waals surface area contributed by atoms with E-state index in [1.807, 2.05) is 6.92 Å². The Kier molecular flexibility index (Phi) is 5.57. The smallest absolute Gasteiger partial charge is 0.368 e. The molecule has 0 fully saturated rings. The van der Waals surface area contributed by atoms with Crippen LogP contribution in [-0.2, 0) is 4.79 Å². The Balaban J connectivity index is 3.10. The van der Waals surface area contributed by atoms with Crippen LogP contribution in [0.1, 0.15) is 26.2 Å². The molecule has 1 aromatic carbocycles. The van der Waals surface area contributed by atoms with E-state index in [0.29, 0.717) is 6.42 Å². The lowest BCUT2D eigenvalue weighted by atomic mass is 10.1. The van der Waals surface area contributed by atoms with Crippen LogP contribution >= 0.6 is 0 Å². The van der Waals surface area contributed by atoms with E-state index in [1.165, 1.54) is 12.1 Å². The van der Waals surface area contributed by atoms with E-state index in [-0.39, 0.29) is 5.69 Å². The Hall–Kier alpha value is -2.51. The number of nitro groups is 2. The molecule has 0 aliphatic rings. The van der Waals surface area contributed by atoms with E-state index in [2.05, 4.69) is 5.32 Å². The number of hydrogen-bond donors (Lipinski definition) is 1. The van der Waals surface area contributed by atoms with Crippen molar-refractivity contribution in [2.75, 3.05) is 5.32 Å². The highest BCUT2D eigenvalue weighted by atomic mass is 16.6. The Morgan fingerprint density at radius 1 is 1.30 bits per heavy atom. The maximum Gasteiger partial charge on any atom is 0.368 e. The molecule has 1 unspecified atom stereocenters. The van der Waals surface area contributed by atoms with E-state index in [1.54, 1.807) is 6.29 Å². The van der Waals surface area contributed by atoms with Crippen LogP contribution in [0.25, 0.3) is 0 Å². The molecule has 1 aromatic rings. The standard InChI is InChI=1S/C12H14N3O5/c1-2-3-5-9(8-16)13-10-6-4-7-11(14(17)18)12(10)15(19)20/h4,6-7,9,13H,2-3,5H2,1H3. The van der Waals surface area contributed by atoms with E-state index < -0.39 is 27.3 Å². The summed E-state index contributed by atoms with van der Waals surface area (Å²) in [6.45, 7) is 1.94. The average molecular weight is 280 g/mol. The number of benzene rings is 1. The van der Waals surface area contributed by atoms with Gasteiger partial charge in [0.05, 0.1) is 15.9 Å². The average Bonchev–Trinajstić information content (AvgIpc) is 2.42. The van der Waals surface area contributed by atoms with Gasteiger partial charge in [-0.25, -0.2) is 0 Å². The Morgan fingerprint density at radius 2 is 2.00 bits per heavy atom. The summed E-state index contributed by atoms with van der Waals surface area (Å²) in [5, 5.41) is 24.4. The molecule has 1 rings (SSSR count). The molecule has 8 heteroatoms. The van der Waals surface area contributed by atoms with Crippen LogP contribution in [0.15, 0.2) is 18.2 Å². The number of carbonyl (C=O) groups excluding carboxylic acids is 1. The van der Waals surface area contributed by atoms with Crippen LogP contribution in [0.2, 0.25) is 0 Å². The third kappa shape index (κ3) is 3.74. The molecule has 0 heterocycles. The molecule has 0 aliphatic heterocycles. The highest BCUT2D eigenvalue weighted by molar-refractivity contribution is 5.75. The molecule has 0 spiro atoms. The maximum atomic E-state index is 11.0. The number of hydrogen-bond acceptors (Lipinski definition) is 6. The van der Waals surface area contributed by atoms with Crippen LogP contribution in [0.3, 0.4) is 0 Å². The lowest BCUT2D eigenvalue weighted by Crippen LogP contribution is -2.21. The van der Waals surface area contributed by atoms with Crippen molar-refractivity contribution < 1.29 is 14.6 Å². The Bertz CT molecular complexity index is 518. The first kappa shape index (κ1) is 15.5. The monoisotopic (exact) mass is 280 g/mol.